The third-order valence-corrected chi connectivity index (χ3v) is 2.28. The van der Waals surface area contributed by atoms with E-state index in [9.17, 15) is 15.2 Å². The monoisotopic (exact) mass is 222 g/mol. The number of phenolic OH excluding ortho intramolecular Hbond substituents is 1. The summed E-state index contributed by atoms with van der Waals surface area (Å²) in [6.07, 6.45) is 2.35. The molecular weight excluding hydrogens is 208 g/mol. The van der Waals surface area contributed by atoms with Gasteiger partial charge in [0.05, 0.1) is 4.92 Å². The molecule has 0 radical (unpaired) electrons. The summed E-state index contributed by atoms with van der Waals surface area (Å²) in [5.74, 6) is -0.00217. The van der Waals surface area contributed by atoms with Crippen molar-refractivity contribution in [1.82, 2.24) is 0 Å². The lowest BCUT2D eigenvalue weighted by molar-refractivity contribution is -0.384. The molecule has 0 aliphatic heterocycles. The number of nitro benzene ring substituents is 1. The van der Waals surface area contributed by atoms with Crippen LogP contribution in [0, 0.1) is 10.1 Å². The molecule has 1 atom stereocenters. The van der Waals surface area contributed by atoms with Gasteiger partial charge < -0.3 is 5.11 Å². The summed E-state index contributed by atoms with van der Waals surface area (Å²) in [4.78, 5) is 14.2. The molecule has 0 heterocycles. The quantitative estimate of drug-likeness (QED) is 0.483. The summed E-state index contributed by atoms with van der Waals surface area (Å²) in [5, 5.41) is 20.0. The molecule has 0 saturated heterocycles. The molecule has 0 aliphatic carbocycles. The first-order valence-corrected chi connectivity index (χ1v) is 5.05. The smallest absolute Gasteiger partial charge is 0.270 e. The van der Waals surface area contributed by atoms with Crippen molar-refractivity contribution >= 4 is 11.9 Å². The minimum atomic E-state index is -0.500. The Morgan fingerprint density at radius 1 is 1.62 bits per heavy atom. The number of phenols is 1. The normalized spacial score (nSPS) is 12.9. The van der Waals surface area contributed by atoms with Crippen LogP contribution >= 0.6 is 0 Å². The average molecular weight is 222 g/mol. The van der Waals surface area contributed by atoms with Gasteiger partial charge in [-0.15, -0.1) is 0 Å². The van der Waals surface area contributed by atoms with E-state index in [1.165, 1.54) is 24.4 Å². The fourth-order valence-corrected chi connectivity index (χ4v) is 1.07. The van der Waals surface area contributed by atoms with Crippen molar-refractivity contribution in [2.24, 2.45) is 4.99 Å². The van der Waals surface area contributed by atoms with Crippen LogP contribution in [0.3, 0.4) is 0 Å². The van der Waals surface area contributed by atoms with Crippen LogP contribution < -0.4 is 0 Å². The predicted octanol–water partition coefficient (Wildman–Crippen LogP) is 2.52. The van der Waals surface area contributed by atoms with E-state index in [-0.39, 0.29) is 17.5 Å². The van der Waals surface area contributed by atoms with Gasteiger partial charge in [-0.25, -0.2) is 0 Å². The molecule has 0 aromatic heterocycles. The molecule has 1 rings (SSSR count). The summed E-state index contributed by atoms with van der Waals surface area (Å²) in [7, 11) is 0. The Kier molecular flexibility index (Phi) is 3.99. The number of aliphatic imine (C=N–C) groups is 1. The van der Waals surface area contributed by atoms with E-state index in [0.29, 0.717) is 5.56 Å². The fourth-order valence-electron chi connectivity index (χ4n) is 1.07. The van der Waals surface area contributed by atoms with E-state index in [1.807, 2.05) is 13.8 Å². The lowest BCUT2D eigenvalue weighted by Crippen LogP contribution is -1.96. The van der Waals surface area contributed by atoms with Crippen molar-refractivity contribution in [2.45, 2.75) is 26.3 Å². The maximum Gasteiger partial charge on any atom is 0.270 e. The summed E-state index contributed by atoms with van der Waals surface area (Å²) in [6.45, 7) is 3.93. The van der Waals surface area contributed by atoms with E-state index >= 15 is 0 Å². The molecule has 5 nitrogen and oxygen atoms in total. The van der Waals surface area contributed by atoms with Crippen LogP contribution in [0.15, 0.2) is 23.2 Å². The number of hydrogen-bond acceptors (Lipinski definition) is 4. The Balaban J connectivity index is 2.98. The van der Waals surface area contributed by atoms with Crippen LogP contribution in [0.5, 0.6) is 5.75 Å². The van der Waals surface area contributed by atoms with Crippen molar-refractivity contribution in [2.75, 3.05) is 0 Å². The topological polar surface area (TPSA) is 75.7 Å². The van der Waals surface area contributed by atoms with Crippen LogP contribution in [0.1, 0.15) is 25.8 Å². The third kappa shape index (κ3) is 3.05. The number of non-ortho nitro benzene ring substituents is 1. The summed E-state index contributed by atoms with van der Waals surface area (Å²) in [6, 6.07) is 4.01. The first-order valence-electron chi connectivity index (χ1n) is 5.05. The van der Waals surface area contributed by atoms with Gasteiger partial charge in [0.15, 0.2) is 0 Å². The van der Waals surface area contributed by atoms with Crippen molar-refractivity contribution in [3.05, 3.63) is 33.9 Å². The van der Waals surface area contributed by atoms with Crippen molar-refractivity contribution < 1.29 is 10.0 Å². The van der Waals surface area contributed by atoms with Gasteiger partial charge in [-0.1, -0.05) is 6.92 Å². The number of hydrogen-bond donors (Lipinski definition) is 1. The fraction of sp³-hybridized carbons (Fsp3) is 0.364. The van der Waals surface area contributed by atoms with Crippen LogP contribution in [0.25, 0.3) is 0 Å². The molecule has 1 N–H and O–H groups in total. The van der Waals surface area contributed by atoms with E-state index in [0.717, 1.165) is 6.42 Å². The molecule has 0 amide bonds. The van der Waals surface area contributed by atoms with Gasteiger partial charge >= 0.3 is 0 Å². The number of rotatable bonds is 4. The Bertz CT molecular complexity index is 416. The molecule has 0 bridgehead atoms. The largest absolute Gasteiger partial charge is 0.507 e. The maximum atomic E-state index is 10.5. The molecule has 0 aliphatic rings. The highest BCUT2D eigenvalue weighted by Gasteiger charge is 2.08. The standard InChI is InChI=1S/C11H14N2O3/c1-3-8(2)12-7-9-6-10(13(15)16)4-5-11(9)14/h4-8,14H,3H2,1-2H3. The van der Waals surface area contributed by atoms with Gasteiger partial charge in [-0.3, -0.25) is 15.1 Å². The molecule has 1 aromatic carbocycles. The summed E-state index contributed by atoms with van der Waals surface area (Å²) < 4.78 is 0. The van der Waals surface area contributed by atoms with Gasteiger partial charge in [0.25, 0.3) is 5.69 Å². The highest BCUT2D eigenvalue weighted by atomic mass is 16.6. The maximum absolute atomic E-state index is 10.5. The molecule has 5 heteroatoms. The van der Waals surface area contributed by atoms with Gasteiger partial charge in [-0.05, 0) is 19.4 Å². The van der Waals surface area contributed by atoms with Crippen LogP contribution in [-0.4, -0.2) is 22.3 Å². The third-order valence-electron chi connectivity index (χ3n) is 2.28. The van der Waals surface area contributed by atoms with E-state index < -0.39 is 4.92 Å². The molecule has 0 fully saturated rings. The molecule has 1 unspecified atom stereocenters. The van der Waals surface area contributed by atoms with Crippen LogP contribution in [0.2, 0.25) is 0 Å². The zero-order valence-electron chi connectivity index (χ0n) is 9.25. The highest BCUT2D eigenvalue weighted by molar-refractivity contribution is 5.84. The molecule has 86 valence electrons. The molecule has 0 saturated carbocycles. The first kappa shape index (κ1) is 12.2. The lowest BCUT2D eigenvalue weighted by atomic mass is 10.2. The minimum absolute atomic E-state index is 0.00217. The van der Waals surface area contributed by atoms with Gasteiger partial charge in [0.2, 0.25) is 0 Å². The average Bonchev–Trinajstić information content (AvgIpc) is 2.27. The lowest BCUT2D eigenvalue weighted by Gasteiger charge is -2.01. The number of aromatic hydroxyl groups is 1. The Labute approximate surface area is 93.6 Å². The highest BCUT2D eigenvalue weighted by Crippen LogP contribution is 2.21. The summed E-state index contributed by atoms with van der Waals surface area (Å²) >= 11 is 0. The van der Waals surface area contributed by atoms with Crippen LogP contribution in [0.4, 0.5) is 5.69 Å². The second kappa shape index (κ2) is 5.25. The van der Waals surface area contributed by atoms with Gasteiger partial charge in [-0.2, -0.15) is 0 Å². The molecule has 0 spiro atoms. The Hall–Kier alpha value is -1.91. The summed E-state index contributed by atoms with van der Waals surface area (Å²) in [5.41, 5.74) is 0.318. The van der Waals surface area contributed by atoms with E-state index in [4.69, 9.17) is 0 Å². The van der Waals surface area contributed by atoms with Crippen LogP contribution in [-0.2, 0) is 0 Å². The van der Waals surface area contributed by atoms with Gasteiger partial charge in [0.1, 0.15) is 5.75 Å². The Morgan fingerprint density at radius 2 is 2.31 bits per heavy atom. The predicted molar refractivity (Wildman–Crippen MR) is 62.1 cm³/mol. The van der Waals surface area contributed by atoms with E-state index in [1.54, 1.807) is 0 Å². The van der Waals surface area contributed by atoms with Crippen molar-refractivity contribution in [3.8, 4) is 5.75 Å². The van der Waals surface area contributed by atoms with E-state index in [2.05, 4.69) is 4.99 Å². The first-order chi connectivity index (χ1) is 7.54. The van der Waals surface area contributed by atoms with Crippen molar-refractivity contribution in [3.63, 3.8) is 0 Å². The van der Waals surface area contributed by atoms with Crippen molar-refractivity contribution in [1.29, 1.82) is 0 Å². The molecular formula is C11H14N2O3. The number of nitro groups is 1. The number of benzene rings is 1. The second-order valence-corrected chi connectivity index (χ2v) is 3.54. The van der Waals surface area contributed by atoms with Gasteiger partial charge in [0, 0.05) is 30.0 Å². The molecule has 1 aromatic rings. The zero-order chi connectivity index (χ0) is 12.1. The Morgan fingerprint density at radius 3 is 2.88 bits per heavy atom. The SMILES string of the molecule is CCC(C)N=Cc1cc([N+](=O)[O-])ccc1O. The zero-order valence-corrected chi connectivity index (χ0v) is 9.25. The number of nitrogens with zero attached hydrogens (tertiary/aromatic N) is 2. The second-order valence-electron chi connectivity index (χ2n) is 3.54. The molecule has 16 heavy (non-hydrogen) atoms. The minimum Gasteiger partial charge on any atom is -0.507 e.